The monoisotopic (exact) mass is 290 g/mol. The smallest absolute Gasteiger partial charge is 0.317 e. The maximum atomic E-state index is 12.4. The Morgan fingerprint density at radius 3 is 2.38 bits per heavy atom. The van der Waals surface area contributed by atoms with Crippen LogP contribution in [-0.4, -0.2) is 58.9 Å². The van der Waals surface area contributed by atoms with Crippen LogP contribution in [0.5, 0.6) is 0 Å². The van der Waals surface area contributed by atoms with Crippen LogP contribution in [0, 0.1) is 0 Å². The molecule has 0 atom stereocenters. The molecule has 2 rings (SSSR count). The Morgan fingerprint density at radius 1 is 1.10 bits per heavy atom. The van der Waals surface area contributed by atoms with Gasteiger partial charge in [0, 0.05) is 50.2 Å². The second-order valence-electron chi connectivity index (χ2n) is 5.47. The summed E-state index contributed by atoms with van der Waals surface area (Å²) in [6.45, 7) is 6.36. The fraction of sp³-hybridized carbons (Fsp3) is 0.533. The lowest BCUT2D eigenvalue weighted by molar-refractivity contribution is 0.0762. The zero-order valence-electron chi connectivity index (χ0n) is 12.6. The number of hydrogen-bond donors (Lipinski definition) is 1. The highest BCUT2D eigenvalue weighted by Gasteiger charge is 2.22. The average Bonchev–Trinajstić information content (AvgIpc) is 2.72. The van der Waals surface area contributed by atoms with Gasteiger partial charge in [0.1, 0.15) is 0 Å². The van der Waals surface area contributed by atoms with E-state index in [2.05, 4.69) is 10.3 Å². The minimum absolute atomic E-state index is 0.00326. The highest BCUT2D eigenvalue weighted by atomic mass is 16.2. The third-order valence-electron chi connectivity index (χ3n) is 3.41. The third kappa shape index (κ3) is 4.18. The van der Waals surface area contributed by atoms with Gasteiger partial charge in [-0.3, -0.25) is 9.78 Å². The maximum absolute atomic E-state index is 12.4. The number of urea groups is 1. The van der Waals surface area contributed by atoms with Gasteiger partial charge in [0.25, 0.3) is 5.91 Å². The average molecular weight is 290 g/mol. The predicted octanol–water partition coefficient (Wildman–Crippen LogP) is 1.35. The summed E-state index contributed by atoms with van der Waals surface area (Å²) in [6.07, 6.45) is 4.03. The molecule has 6 heteroatoms. The molecule has 0 saturated carbocycles. The van der Waals surface area contributed by atoms with E-state index in [1.807, 2.05) is 13.8 Å². The van der Waals surface area contributed by atoms with E-state index < -0.39 is 0 Å². The summed E-state index contributed by atoms with van der Waals surface area (Å²) in [5.41, 5.74) is 0.644. The van der Waals surface area contributed by atoms with Crippen molar-refractivity contribution in [2.75, 3.05) is 26.2 Å². The molecule has 0 unspecified atom stereocenters. The highest BCUT2D eigenvalue weighted by Crippen LogP contribution is 2.09. The maximum Gasteiger partial charge on any atom is 0.317 e. The van der Waals surface area contributed by atoms with Crippen LogP contribution in [0.1, 0.15) is 30.6 Å². The number of rotatable bonds is 2. The number of carbonyl (C=O) groups is 2. The molecule has 1 fully saturated rings. The Bertz CT molecular complexity index is 490. The van der Waals surface area contributed by atoms with Gasteiger partial charge >= 0.3 is 6.03 Å². The Hall–Kier alpha value is -2.11. The first-order valence-electron chi connectivity index (χ1n) is 7.32. The van der Waals surface area contributed by atoms with Crippen LogP contribution in [0.25, 0.3) is 0 Å². The normalized spacial score (nSPS) is 15.8. The molecule has 1 aliphatic rings. The van der Waals surface area contributed by atoms with E-state index in [1.54, 1.807) is 34.3 Å². The van der Waals surface area contributed by atoms with Gasteiger partial charge in [0.05, 0.1) is 0 Å². The first-order chi connectivity index (χ1) is 10.1. The van der Waals surface area contributed by atoms with E-state index >= 15 is 0 Å². The van der Waals surface area contributed by atoms with Gasteiger partial charge in [-0.15, -0.1) is 0 Å². The Balaban J connectivity index is 1.95. The molecular formula is C15H22N4O2. The van der Waals surface area contributed by atoms with Crippen LogP contribution in [0.3, 0.4) is 0 Å². The van der Waals surface area contributed by atoms with Crippen LogP contribution in [0.4, 0.5) is 4.79 Å². The van der Waals surface area contributed by atoms with Crippen molar-refractivity contribution in [2.45, 2.75) is 26.3 Å². The van der Waals surface area contributed by atoms with Crippen molar-refractivity contribution in [3.05, 3.63) is 30.1 Å². The molecule has 6 nitrogen and oxygen atoms in total. The minimum Gasteiger partial charge on any atom is -0.337 e. The molecule has 0 spiro atoms. The summed E-state index contributed by atoms with van der Waals surface area (Å²) in [5, 5.41) is 2.89. The van der Waals surface area contributed by atoms with Gasteiger partial charge in [-0.25, -0.2) is 4.79 Å². The molecule has 2 heterocycles. The molecule has 1 saturated heterocycles. The first-order valence-corrected chi connectivity index (χ1v) is 7.32. The lowest BCUT2D eigenvalue weighted by Crippen LogP contribution is -2.44. The van der Waals surface area contributed by atoms with Gasteiger partial charge in [-0.1, -0.05) is 0 Å². The molecule has 0 aliphatic carbocycles. The van der Waals surface area contributed by atoms with E-state index in [-0.39, 0.29) is 18.0 Å². The van der Waals surface area contributed by atoms with Gasteiger partial charge in [-0.05, 0) is 32.4 Å². The molecule has 3 amide bonds. The summed E-state index contributed by atoms with van der Waals surface area (Å²) in [5.74, 6) is 0.00326. The summed E-state index contributed by atoms with van der Waals surface area (Å²) >= 11 is 0. The molecule has 21 heavy (non-hydrogen) atoms. The van der Waals surface area contributed by atoms with E-state index in [0.717, 1.165) is 6.42 Å². The van der Waals surface area contributed by atoms with Gasteiger partial charge in [-0.2, -0.15) is 0 Å². The van der Waals surface area contributed by atoms with E-state index in [9.17, 15) is 9.59 Å². The highest BCUT2D eigenvalue weighted by molar-refractivity contribution is 5.94. The number of pyridine rings is 1. The zero-order valence-corrected chi connectivity index (χ0v) is 12.6. The molecule has 0 aromatic carbocycles. The fourth-order valence-corrected chi connectivity index (χ4v) is 2.34. The molecule has 1 aliphatic heterocycles. The van der Waals surface area contributed by atoms with Crippen molar-refractivity contribution in [3.63, 3.8) is 0 Å². The van der Waals surface area contributed by atoms with Crippen molar-refractivity contribution in [3.8, 4) is 0 Å². The number of aromatic nitrogens is 1. The molecule has 114 valence electrons. The Morgan fingerprint density at radius 2 is 1.71 bits per heavy atom. The molecular weight excluding hydrogens is 268 g/mol. The Kier molecular flexibility index (Phi) is 5.14. The molecule has 1 aromatic rings. The number of hydrogen-bond acceptors (Lipinski definition) is 3. The van der Waals surface area contributed by atoms with Crippen molar-refractivity contribution in [1.82, 2.24) is 20.1 Å². The lowest BCUT2D eigenvalue weighted by Gasteiger charge is -2.23. The summed E-state index contributed by atoms with van der Waals surface area (Å²) < 4.78 is 0. The van der Waals surface area contributed by atoms with Crippen molar-refractivity contribution in [1.29, 1.82) is 0 Å². The second kappa shape index (κ2) is 7.06. The van der Waals surface area contributed by atoms with Gasteiger partial charge in [0.2, 0.25) is 0 Å². The Labute approximate surface area is 125 Å². The zero-order chi connectivity index (χ0) is 15.2. The van der Waals surface area contributed by atoms with Gasteiger partial charge in [0.15, 0.2) is 0 Å². The predicted molar refractivity (Wildman–Crippen MR) is 80.0 cm³/mol. The van der Waals surface area contributed by atoms with Crippen LogP contribution in [0.15, 0.2) is 24.5 Å². The van der Waals surface area contributed by atoms with Crippen molar-refractivity contribution >= 4 is 11.9 Å². The topological polar surface area (TPSA) is 65.5 Å². The van der Waals surface area contributed by atoms with Gasteiger partial charge < -0.3 is 15.1 Å². The summed E-state index contributed by atoms with van der Waals surface area (Å²) in [4.78, 5) is 31.9. The quantitative estimate of drug-likeness (QED) is 0.894. The lowest BCUT2D eigenvalue weighted by atomic mass is 10.2. The second-order valence-corrected chi connectivity index (χ2v) is 5.47. The molecule has 1 N–H and O–H groups in total. The number of nitrogens with zero attached hydrogens (tertiary/aromatic N) is 3. The standard InChI is InChI=1S/C15H22N4O2/c1-12(2)17-15(21)19-9-3-8-18(10-11-19)14(20)13-4-6-16-7-5-13/h4-7,12H,3,8-11H2,1-2H3,(H,17,21). The molecule has 1 aromatic heterocycles. The molecule has 0 bridgehead atoms. The van der Waals surface area contributed by atoms with E-state index in [0.29, 0.717) is 31.7 Å². The van der Waals surface area contributed by atoms with E-state index in [4.69, 9.17) is 0 Å². The SMILES string of the molecule is CC(C)NC(=O)N1CCCN(C(=O)c2ccncc2)CC1. The fourth-order valence-electron chi connectivity index (χ4n) is 2.34. The van der Waals surface area contributed by atoms with Crippen LogP contribution >= 0.6 is 0 Å². The minimum atomic E-state index is -0.0526. The van der Waals surface area contributed by atoms with Crippen molar-refractivity contribution < 1.29 is 9.59 Å². The molecule has 0 radical (unpaired) electrons. The first kappa shape index (κ1) is 15.3. The summed E-state index contributed by atoms with van der Waals surface area (Å²) in [7, 11) is 0. The summed E-state index contributed by atoms with van der Waals surface area (Å²) in [6, 6.07) is 3.51. The largest absolute Gasteiger partial charge is 0.337 e. The van der Waals surface area contributed by atoms with Crippen LogP contribution in [-0.2, 0) is 0 Å². The van der Waals surface area contributed by atoms with Crippen molar-refractivity contribution in [2.24, 2.45) is 0 Å². The van der Waals surface area contributed by atoms with E-state index in [1.165, 1.54) is 0 Å². The number of amides is 3. The number of nitrogens with one attached hydrogen (secondary N) is 1. The number of carbonyl (C=O) groups excluding carboxylic acids is 2. The van der Waals surface area contributed by atoms with Crippen LogP contribution in [0.2, 0.25) is 0 Å². The third-order valence-corrected chi connectivity index (χ3v) is 3.41. The van der Waals surface area contributed by atoms with Crippen LogP contribution < -0.4 is 5.32 Å².